The maximum absolute atomic E-state index is 13.0. The third-order valence-electron chi connectivity index (χ3n) is 6.17. The predicted octanol–water partition coefficient (Wildman–Crippen LogP) is 3.27. The van der Waals surface area contributed by atoms with Crippen LogP contribution in [0.2, 0.25) is 0 Å². The molecule has 2 aliphatic heterocycles. The maximum atomic E-state index is 13.0. The molecule has 0 radical (unpaired) electrons. The molecule has 4 rings (SSSR count). The summed E-state index contributed by atoms with van der Waals surface area (Å²) in [6, 6.07) is 15.5. The van der Waals surface area contributed by atoms with Crippen LogP contribution in [0.15, 0.2) is 48.5 Å². The lowest BCUT2D eigenvalue weighted by Crippen LogP contribution is -2.53. The van der Waals surface area contributed by atoms with Gasteiger partial charge in [-0.2, -0.15) is 0 Å². The van der Waals surface area contributed by atoms with Crippen LogP contribution in [0.25, 0.3) is 0 Å². The van der Waals surface area contributed by atoms with Crippen molar-refractivity contribution in [3.05, 3.63) is 54.1 Å². The van der Waals surface area contributed by atoms with E-state index in [9.17, 15) is 9.59 Å². The first-order chi connectivity index (χ1) is 15.5. The molecule has 0 bridgehead atoms. The Labute approximate surface area is 189 Å². The number of nitrogens with zero attached hydrogens (tertiary/aromatic N) is 2. The van der Waals surface area contributed by atoms with Crippen LogP contribution >= 0.6 is 0 Å². The molecule has 0 aromatic heterocycles. The van der Waals surface area contributed by atoms with Crippen LogP contribution in [0.4, 0.5) is 11.4 Å². The zero-order chi connectivity index (χ0) is 22.5. The second-order valence-corrected chi connectivity index (χ2v) is 8.37. The largest absolute Gasteiger partial charge is 0.477 e. The molecular formula is C25H31N3O4. The van der Waals surface area contributed by atoms with Crippen molar-refractivity contribution in [1.29, 1.82) is 0 Å². The van der Waals surface area contributed by atoms with E-state index in [0.29, 0.717) is 44.5 Å². The van der Waals surface area contributed by atoms with Gasteiger partial charge in [-0.3, -0.25) is 9.59 Å². The van der Waals surface area contributed by atoms with E-state index in [2.05, 4.69) is 31.3 Å². The number of benzene rings is 2. The van der Waals surface area contributed by atoms with Crippen molar-refractivity contribution in [2.24, 2.45) is 0 Å². The molecule has 32 heavy (non-hydrogen) atoms. The van der Waals surface area contributed by atoms with Gasteiger partial charge in [0, 0.05) is 18.8 Å². The minimum absolute atomic E-state index is 0.0613. The Morgan fingerprint density at radius 3 is 2.53 bits per heavy atom. The second kappa shape index (κ2) is 10.0. The van der Waals surface area contributed by atoms with Crippen molar-refractivity contribution in [2.75, 3.05) is 49.6 Å². The fourth-order valence-corrected chi connectivity index (χ4v) is 4.08. The Kier molecular flexibility index (Phi) is 6.95. The van der Waals surface area contributed by atoms with Crippen LogP contribution in [0.1, 0.15) is 31.7 Å². The maximum Gasteiger partial charge on any atom is 0.265 e. The van der Waals surface area contributed by atoms with E-state index in [0.717, 1.165) is 17.8 Å². The Hall–Kier alpha value is -3.06. The molecule has 170 valence electrons. The summed E-state index contributed by atoms with van der Waals surface area (Å²) in [6.07, 6.45) is 0.428. The molecule has 2 aromatic carbocycles. The molecule has 2 aliphatic rings. The summed E-state index contributed by atoms with van der Waals surface area (Å²) in [4.78, 5) is 29.6. The molecule has 2 amide bonds. The lowest BCUT2D eigenvalue weighted by atomic mass is 9.99. The lowest BCUT2D eigenvalue weighted by Gasteiger charge is -2.38. The molecule has 2 aromatic rings. The number of fused-ring (bicyclic) bond motifs is 1. The van der Waals surface area contributed by atoms with Crippen LogP contribution in [0.5, 0.6) is 5.75 Å². The third-order valence-corrected chi connectivity index (χ3v) is 6.17. The topological polar surface area (TPSA) is 71.1 Å². The molecular weight excluding hydrogens is 406 g/mol. The highest BCUT2D eigenvalue weighted by molar-refractivity contribution is 5.95. The first kappa shape index (κ1) is 22.1. The van der Waals surface area contributed by atoms with Gasteiger partial charge in [-0.25, -0.2) is 0 Å². The highest BCUT2D eigenvalue weighted by atomic mass is 16.5. The molecule has 2 atom stereocenters. The van der Waals surface area contributed by atoms with Gasteiger partial charge in [-0.1, -0.05) is 38.1 Å². The van der Waals surface area contributed by atoms with Gasteiger partial charge in [0.2, 0.25) is 5.91 Å². The smallest absolute Gasteiger partial charge is 0.265 e. The standard InChI is InChI=1S/C25H31N3O4/c1-3-18(2)19-8-10-20(11-9-19)26-24(29)17-28-16-23(25(30)27-12-14-31-15-13-27)32-22-7-5-4-6-21(22)28/h4-11,18,23H,3,12-17H2,1-2H3,(H,26,29)/t18-,23-/m0/s1. The first-order valence-electron chi connectivity index (χ1n) is 11.3. The number of para-hydroxylation sites is 2. The fraction of sp³-hybridized carbons (Fsp3) is 0.440. The van der Waals surface area contributed by atoms with E-state index in [-0.39, 0.29) is 18.4 Å². The quantitative estimate of drug-likeness (QED) is 0.751. The van der Waals surface area contributed by atoms with Gasteiger partial charge >= 0.3 is 0 Å². The van der Waals surface area contributed by atoms with Crippen LogP contribution in [0, 0.1) is 0 Å². The average molecular weight is 438 g/mol. The van der Waals surface area contributed by atoms with Gasteiger partial charge in [0.25, 0.3) is 5.91 Å². The summed E-state index contributed by atoms with van der Waals surface area (Å²) in [5.41, 5.74) is 2.85. The van der Waals surface area contributed by atoms with Crippen LogP contribution in [-0.4, -0.2) is 62.2 Å². The van der Waals surface area contributed by atoms with Gasteiger partial charge in [0.15, 0.2) is 6.10 Å². The zero-order valence-electron chi connectivity index (χ0n) is 18.8. The summed E-state index contributed by atoms with van der Waals surface area (Å²) in [7, 11) is 0. The van der Waals surface area contributed by atoms with Gasteiger partial charge in [0.05, 0.1) is 32.0 Å². The number of rotatable bonds is 6. The van der Waals surface area contributed by atoms with Crippen molar-refractivity contribution in [1.82, 2.24) is 4.90 Å². The van der Waals surface area contributed by atoms with Crippen molar-refractivity contribution >= 4 is 23.2 Å². The summed E-state index contributed by atoms with van der Waals surface area (Å²) < 4.78 is 11.4. The minimum atomic E-state index is -0.648. The molecule has 0 unspecified atom stereocenters. The first-order valence-corrected chi connectivity index (χ1v) is 11.3. The Balaban J connectivity index is 1.44. The average Bonchev–Trinajstić information content (AvgIpc) is 2.84. The Morgan fingerprint density at radius 1 is 1.09 bits per heavy atom. The van der Waals surface area contributed by atoms with Crippen LogP contribution in [0.3, 0.4) is 0 Å². The fourth-order valence-electron chi connectivity index (χ4n) is 4.08. The molecule has 0 aliphatic carbocycles. The second-order valence-electron chi connectivity index (χ2n) is 8.37. The minimum Gasteiger partial charge on any atom is -0.477 e. The number of hydrogen-bond acceptors (Lipinski definition) is 5. The van der Waals surface area contributed by atoms with Gasteiger partial charge in [0.1, 0.15) is 5.75 Å². The lowest BCUT2D eigenvalue weighted by molar-refractivity contribution is -0.142. The van der Waals surface area contributed by atoms with Crippen LogP contribution < -0.4 is 15.0 Å². The molecule has 0 spiro atoms. The van der Waals surface area contributed by atoms with E-state index < -0.39 is 6.10 Å². The summed E-state index contributed by atoms with van der Waals surface area (Å²) >= 11 is 0. The molecule has 1 saturated heterocycles. The third kappa shape index (κ3) is 5.05. The van der Waals surface area contributed by atoms with E-state index in [1.807, 2.05) is 41.3 Å². The Morgan fingerprint density at radius 2 is 1.81 bits per heavy atom. The van der Waals surface area contributed by atoms with Crippen molar-refractivity contribution in [2.45, 2.75) is 32.3 Å². The Bertz CT molecular complexity index is 940. The number of nitrogens with one attached hydrogen (secondary N) is 1. The predicted molar refractivity (Wildman–Crippen MR) is 124 cm³/mol. The van der Waals surface area contributed by atoms with Crippen molar-refractivity contribution in [3.63, 3.8) is 0 Å². The number of anilines is 2. The molecule has 1 fully saturated rings. The SMILES string of the molecule is CC[C@H](C)c1ccc(NC(=O)CN2C[C@@H](C(=O)N3CCOCC3)Oc3ccccc32)cc1. The number of amides is 2. The molecule has 2 heterocycles. The van der Waals surface area contributed by atoms with Gasteiger partial charge in [-0.05, 0) is 42.2 Å². The van der Waals surface area contributed by atoms with Crippen LogP contribution in [-0.2, 0) is 14.3 Å². The molecule has 1 N–H and O–H groups in total. The number of ether oxygens (including phenoxy) is 2. The number of carbonyl (C=O) groups excluding carboxylic acids is 2. The monoisotopic (exact) mass is 437 g/mol. The number of hydrogen-bond donors (Lipinski definition) is 1. The van der Waals surface area contributed by atoms with E-state index >= 15 is 0 Å². The van der Waals surface area contributed by atoms with Gasteiger partial charge in [-0.15, -0.1) is 0 Å². The van der Waals surface area contributed by atoms with E-state index in [1.54, 1.807) is 4.90 Å². The van der Waals surface area contributed by atoms with Crippen molar-refractivity contribution < 1.29 is 19.1 Å². The highest BCUT2D eigenvalue weighted by Crippen LogP contribution is 2.33. The van der Waals surface area contributed by atoms with E-state index in [1.165, 1.54) is 5.56 Å². The summed E-state index contributed by atoms with van der Waals surface area (Å²) in [5.74, 6) is 0.922. The van der Waals surface area contributed by atoms with Gasteiger partial charge < -0.3 is 24.6 Å². The molecule has 7 nitrogen and oxygen atoms in total. The number of carbonyl (C=O) groups is 2. The number of morpholine rings is 1. The highest BCUT2D eigenvalue weighted by Gasteiger charge is 2.34. The summed E-state index contributed by atoms with van der Waals surface area (Å²) in [5, 5.41) is 2.98. The van der Waals surface area contributed by atoms with E-state index in [4.69, 9.17) is 9.47 Å². The normalized spacial score (nSPS) is 19.0. The molecule has 7 heteroatoms. The zero-order valence-corrected chi connectivity index (χ0v) is 18.8. The summed E-state index contributed by atoms with van der Waals surface area (Å²) in [6.45, 7) is 7.03. The van der Waals surface area contributed by atoms with Crippen molar-refractivity contribution in [3.8, 4) is 5.75 Å². The molecule has 0 saturated carbocycles.